The Balaban J connectivity index is 2.18. The van der Waals surface area contributed by atoms with E-state index in [2.05, 4.69) is 0 Å². The minimum absolute atomic E-state index is 0.0998. The maximum absolute atomic E-state index is 12.3. The molecule has 0 saturated carbocycles. The van der Waals surface area contributed by atoms with Crippen LogP contribution in [0.25, 0.3) is 0 Å². The van der Waals surface area contributed by atoms with E-state index in [0.717, 1.165) is 18.3 Å². The molecule has 1 aromatic carbocycles. The number of rotatable bonds is 3. The number of benzene rings is 1. The first-order valence-electron chi connectivity index (χ1n) is 5.80. The van der Waals surface area contributed by atoms with Gasteiger partial charge in [-0.05, 0) is 18.1 Å². The van der Waals surface area contributed by atoms with Gasteiger partial charge in [0.05, 0.1) is 18.9 Å². The summed E-state index contributed by atoms with van der Waals surface area (Å²) in [4.78, 5) is 24.9. The molecule has 0 N–H and O–H groups in total. The Labute approximate surface area is 106 Å². The lowest BCUT2D eigenvalue weighted by Crippen LogP contribution is -2.28. The second kappa shape index (κ2) is 5.49. The molecule has 94 valence electrons. The quantitative estimate of drug-likeness (QED) is 0.603. The number of carbonyl (C=O) groups excluding carboxylic acids is 2. The van der Waals surface area contributed by atoms with E-state index in [9.17, 15) is 9.59 Å². The molecule has 0 spiro atoms. The Kier molecular flexibility index (Phi) is 3.77. The summed E-state index contributed by atoms with van der Waals surface area (Å²) >= 11 is 0. The molecule has 1 aliphatic rings. The summed E-state index contributed by atoms with van der Waals surface area (Å²) in [6.07, 6.45) is 3.22. The van der Waals surface area contributed by atoms with E-state index < -0.39 is 0 Å². The lowest BCUT2D eigenvalue weighted by atomic mass is 10.1. The van der Waals surface area contributed by atoms with Crippen LogP contribution >= 0.6 is 0 Å². The summed E-state index contributed by atoms with van der Waals surface area (Å²) in [6, 6.07) is 6.86. The van der Waals surface area contributed by atoms with Gasteiger partial charge in [0.1, 0.15) is 0 Å². The molecule has 4 nitrogen and oxygen atoms in total. The number of amides is 1. The molecule has 1 aliphatic heterocycles. The highest BCUT2D eigenvalue weighted by molar-refractivity contribution is 6.01. The molecule has 1 fully saturated rings. The minimum atomic E-state index is -0.0998. The molecular weight excluding hydrogens is 230 g/mol. The Hall–Kier alpha value is -2.10. The van der Waals surface area contributed by atoms with Crippen molar-refractivity contribution in [1.82, 2.24) is 4.90 Å². The normalized spacial score (nSPS) is 16.9. The van der Waals surface area contributed by atoms with E-state index in [-0.39, 0.29) is 5.91 Å². The fourth-order valence-electron chi connectivity index (χ4n) is 2.08. The highest BCUT2D eigenvalue weighted by Crippen LogP contribution is 2.19. The van der Waals surface area contributed by atoms with Gasteiger partial charge in [-0.15, -0.1) is 0 Å². The third-order valence-corrected chi connectivity index (χ3v) is 2.99. The first-order valence-corrected chi connectivity index (χ1v) is 5.80. The van der Waals surface area contributed by atoms with Crippen LogP contribution in [-0.2, 0) is 4.74 Å². The molecule has 0 bridgehead atoms. The van der Waals surface area contributed by atoms with Gasteiger partial charge in [-0.1, -0.05) is 18.2 Å². The number of hydrogen-bond donors (Lipinski definition) is 0. The van der Waals surface area contributed by atoms with Gasteiger partial charge in [0.2, 0.25) is 0 Å². The third-order valence-electron chi connectivity index (χ3n) is 2.99. The van der Waals surface area contributed by atoms with Crippen molar-refractivity contribution in [3.8, 4) is 0 Å². The Morgan fingerprint density at radius 2 is 2.17 bits per heavy atom. The summed E-state index contributed by atoms with van der Waals surface area (Å²) < 4.78 is 4.95. The molecule has 0 atom stereocenters. The zero-order valence-electron chi connectivity index (χ0n) is 10.3. The van der Waals surface area contributed by atoms with Gasteiger partial charge in [0.25, 0.3) is 5.91 Å². The van der Waals surface area contributed by atoms with Crippen molar-refractivity contribution in [2.24, 2.45) is 0 Å². The highest BCUT2D eigenvalue weighted by Gasteiger charge is 2.24. The van der Waals surface area contributed by atoms with E-state index in [4.69, 9.17) is 4.74 Å². The smallest absolute Gasteiger partial charge is 0.254 e. The topological polar surface area (TPSA) is 46.6 Å². The highest BCUT2D eigenvalue weighted by atomic mass is 16.5. The maximum Gasteiger partial charge on any atom is 0.254 e. The molecule has 0 unspecified atom stereocenters. The molecule has 4 heteroatoms. The average Bonchev–Trinajstić information content (AvgIpc) is 2.87. The largest absolute Gasteiger partial charge is 0.504 e. The summed E-state index contributed by atoms with van der Waals surface area (Å²) in [6.45, 7) is 1.24. The number of nitrogens with zero attached hydrogens (tertiary/aromatic N) is 1. The Bertz CT molecular complexity index is 494. The Morgan fingerprint density at radius 3 is 2.89 bits per heavy atom. The SMILES string of the molecule is COC=C1CCN(C(=O)c2ccccc2C=O)C1. The van der Waals surface area contributed by atoms with Crippen molar-refractivity contribution in [3.05, 3.63) is 47.2 Å². The van der Waals surface area contributed by atoms with Gasteiger partial charge in [-0.3, -0.25) is 9.59 Å². The molecule has 18 heavy (non-hydrogen) atoms. The van der Waals surface area contributed by atoms with Crippen LogP contribution in [0.4, 0.5) is 0 Å². The molecule has 2 rings (SSSR count). The number of hydrogen-bond acceptors (Lipinski definition) is 3. The van der Waals surface area contributed by atoms with Gasteiger partial charge >= 0.3 is 0 Å². The first-order chi connectivity index (χ1) is 8.76. The second-order valence-corrected chi connectivity index (χ2v) is 4.19. The van der Waals surface area contributed by atoms with E-state index in [1.54, 1.807) is 42.5 Å². The van der Waals surface area contributed by atoms with Crippen LogP contribution in [0, 0.1) is 0 Å². The average molecular weight is 245 g/mol. The number of ether oxygens (including phenoxy) is 1. The van der Waals surface area contributed by atoms with E-state index >= 15 is 0 Å². The monoisotopic (exact) mass is 245 g/mol. The molecule has 1 amide bonds. The lowest BCUT2D eigenvalue weighted by Gasteiger charge is -2.15. The van der Waals surface area contributed by atoms with Gasteiger partial charge in [-0.2, -0.15) is 0 Å². The molecule has 0 radical (unpaired) electrons. The van der Waals surface area contributed by atoms with Crippen LogP contribution in [0.3, 0.4) is 0 Å². The fourth-order valence-corrected chi connectivity index (χ4v) is 2.08. The zero-order valence-corrected chi connectivity index (χ0v) is 10.3. The van der Waals surface area contributed by atoms with E-state index in [1.165, 1.54) is 0 Å². The predicted molar refractivity (Wildman–Crippen MR) is 67.4 cm³/mol. The first kappa shape index (κ1) is 12.4. The summed E-state index contributed by atoms with van der Waals surface area (Å²) in [5.74, 6) is -0.0998. The fraction of sp³-hybridized carbons (Fsp3) is 0.286. The molecule has 1 saturated heterocycles. The van der Waals surface area contributed by atoms with Gasteiger partial charge in [0, 0.05) is 18.7 Å². The molecular formula is C14H15NO3. The van der Waals surface area contributed by atoms with Crippen LogP contribution in [0.15, 0.2) is 36.1 Å². The van der Waals surface area contributed by atoms with Gasteiger partial charge in [0.15, 0.2) is 6.29 Å². The van der Waals surface area contributed by atoms with Crippen molar-refractivity contribution in [2.45, 2.75) is 6.42 Å². The second-order valence-electron chi connectivity index (χ2n) is 4.19. The van der Waals surface area contributed by atoms with Crippen molar-refractivity contribution < 1.29 is 14.3 Å². The van der Waals surface area contributed by atoms with E-state index in [1.807, 2.05) is 0 Å². The van der Waals surface area contributed by atoms with E-state index in [0.29, 0.717) is 24.2 Å². The third kappa shape index (κ3) is 2.42. The summed E-state index contributed by atoms with van der Waals surface area (Å²) in [7, 11) is 1.60. The number of carbonyl (C=O) groups is 2. The van der Waals surface area contributed by atoms with Crippen molar-refractivity contribution in [3.63, 3.8) is 0 Å². The van der Waals surface area contributed by atoms with Crippen LogP contribution in [0.5, 0.6) is 0 Å². The predicted octanol–water partition coefficient (Wildman–Crippen LogP) is 1.88. The van der Waals surface area contributed by atoms with Crippen LogP contribution in [-0.4, -0.2) is 37.3 Å². The van der Waals surface area contributed by atoms with Crippen molar-refractivity contribution >= 4 is 12.2 Å². The summed E-state index contributed by atoms with van der Waals surface area (Å²) in [5.41, 5.74) is 1.99. The Morgan fingerprint density at radius 1 is 1.39 bits per heavy atom. The van der Waals surface area contributed by atoms with Gasteiger partial charge in [-0.25, -0.2) is 0 Å². The zero-order chi connectivity index (χ0) is 13.0. The minimum Gasteiger partial charge on any atom is -0.504 e. The van der Waals surface area contributed by atoms with Crippen molar-refractivity contribution in [2.75, 3.05) is 20.2 Å². The maximum atomic E-state index is 12.3. The number of aldehydes is 1. The lowest BCUT2D eigenvalue weighted by molar-refractivity contribution is 0.0793. The molecule has 0 aromatic heterocycles. The summed E-state index contributed by atoms with van der Waals surface area (Å²) in [5, 5.41) is 0. The van der Waals surface area contributed by atoms with Gasteiger partial charge < -0.3 is 9.64 Å². The number of likely N-dealkylation sites (tertiary alicyclic amines) is 1. The standard InChI is InChI=1S/C14H15NO3/c1-18-10-11-6-7-15(8-11)14(17)13-5-3-2-4-12(13)9-16/h2-5,9-10H,6-8H2,1H3. The molecule has 0 aliphatic carbocycles. The van der Waals surface area contributed by atoms with Crippen LogP contribution in [0.2, 0.25) is 0 Å². The molecule has 1 heterocycles. The molecule has 1 aromatic rings. The van der Waals surface area contributed by atoms with Crippen LogP contribution in [0.1, 0.15) is 27.1 Å². The number of methoxy groups -OCH3 is 1. The van der Waals surface area contributed by atoms with Crippen molar-refractivity contribution in [1.29, 1.82) is 0 Å². The van der Waals surface area contributed by atoms with Crippen LogP contribution < -0.4 is 0 Å².